The Morgan fingerprint density at radius 1 is 1.00 bits per heavy atom. The van der Waals surface area contributed by atoms with E-state index in [9.17, 15) is 5.11 Å². The van der Waals surface area contributed by atoms with Crippen molar-refractivity contribution in [3.05, 3.63) is 105 Å². The number of hydrogen-bond donors (Lipinski definition) is 1. The molecule has 0 saturated heterocycles. The monoisotopic (exact) mass is 582 g/mol. The van der Waals surface area contributed by atoms with E-state index in [-0.39, 0.29) is 5.92 Å². The Morgan fingerprint density at radius 2 is 1.72 bits per heavy atom. The van der Waals surface area contributed by atoms with Gasteiger partial charge >= 0.3 is 0 Å². The van der Waals surface area contributed by atoms with E-state index in [1.54, 1.807) is 11.8 Å². The number of aliphatic hydroxyl groups is 1. The Labute approximate surface area is 232 Å². The molecular weight excluding hydrogens is 552 g/mol. The number of rotatable bonds is 10. The Balaban J connectivity index is 1.89. The summed E-state index contributed by atoms with van der Waals surface area (Å²) in [5.41, 5.74) is 3.26. The van der Waals surface area contributed by atoms with Crippen LogP contribution in [0.25, 0.3) is 10.9 Å². The number of pyridine rings is 1. The van der Waals surface area contributed by atoms with Crippen molar-refractivity contribution >= 4 is 50.2 Å². The highest BCUT2D eigenvalue weighted by Crippen LogP contribution is 2.44. The number of aromatic nitrogens is 1. The van der Waals surface area contributed by atoms with E-state index in [0.29, 0.717) is 17.9 Å². The van der Waals surface area contributed by atoms with Crippen molar-refractivity contribution in [1.82, 2.24) is 9.88 Å². The SMILES string of the molecule is CSc1nc2ccc(Br)cc2cc1C(c1ccc(Cl)cc1)C(O)(CCc1ccccc1)CCN(C)C. The molecule has 4 aromatic rings. The highest BCUT2D eigenvalue weighted by atomic mass is 79.9. The molecule has 3 aromatic carbocycles. The molecule has 0 aliphatic carbocycles. The van der Waals surface area contributed by atoms with Gasteiger partial charge in [0.25, 0.3) is 0 Å². The third kappa shape index (κ3) is 6.51. The fraction of sp³-hybridized carbons (Fsp3) is 0.300. The quantitative estimate of drug-likeness (QED) is 0.193. The van der Waals surface area contributed by atoms with E-state index in [4.69, 9.17) is 16.6 Å². The summed E-state index contributed by atoms with van der Waals surface area (Å²) in [4.78, 5) is 7.16. The van der Waals surface area contributed by atoms with Crippen molar-refractivity contribution in [2.45, 2.75) is 35.8 Å². The Morgan fingerprint density at radius 3 is 2.39 bits per heavy atom. The first-order valence-corrected chi connectivity index (χ1v) is 14.5. The maximum absolute atomic E-state index is 12.6. The zero-order valence-corrected chi connectivity index (χ0v) is 24.1. The number of hydrogen-bond acceptors (Lipinski definition) is 4. The van der Waals surface area contributed by atoms with Gasteiger partial charge in [0.2, 0.25) is 0 Å². The second kappa shape index (κ2) is 12.1. The van der Waals surface area contributed by atoms with Gasteiger partial charge in [0, 0.05) is 27.3 Å². The predicted octanol–water partition coefficient (Wildman–Crippen LogP) is 7.82. The lowest BCUT2D eigenvalue weighted by Gasteiger charge is -2.39. The molecule has 0 spiro atoms. The molecule has 2 atom stereocenters. The smallest absolute Gasteiger partial charge is 0.100 e. The van der Waals surface area contributed by atoms with Crippen molar-refractivity contribution in [3.8, 4) is 0 Å². The molecule has 0 fully saturated rings. The van der Waals surface area contributed by atoms with E-state index in [1.807, 2.05) is 42.5 Å². The van der Waals surface area contributed by atoms with Crippen LogP contribution >= 0.6 is 39.3 Å². The third-order valence-corrected chi connectivity index (χ3v) is 8.15. The van der Waals surface area contributed by atoms with Gasteiger partial charge in [-0.05, 0) is 92.7 Å². The van der Waals surface area contributed by atoms with Crippen LogP contribution in [0.1, 0.15) is 35.4 Å². The Hall–Kier alpha value is -1.89. The van der Waals surface area contributed by atoms with Crippen LogP contribution in [0.2, 0.25) is 5.02 Å². The maximum atomic E-state index is 12.6. The third-order valence-electron chi connectivity index (χ3n) is 6.70. The highest BCUT2D eigenvalue weighted by molar-refractivity contribution is 9.10. The fourth-order valence-electron chi connectivity index (χ4n) is 4.79. The molecule has 3 nitrogen and oxygen atoms in total. The lowest BCUT2D eigenvalue weighted by molar-refractivity contribution is 0.000696. The lowest BCUT2D eigenvalue weighted by Crippen LogP contribution is -2.40. The van der Waals surface area contributed by atoms with E-state index < -0.39 is 5.60 Å². The van der Waals surface area contributed by atoms with E-state index in [1.165, 1.54) is 5.56 Å². The summed E-state index contributed by atoms with van der Waals surface area (Å²) in [6.07, 6.45) is 4.10. The Bertz CT molecular complexity index is 1300. The number of benzene rings is 3. The van der Waals surface area contributed by atoms with Crippen molar-refractivity contribution in [1.29, 1.82) is 0 Å². The summed E-state index contributed by atoms with van der Waals surface area (Å²) in [6, 6.07) is 26.7. The van der Waals surface area contributed by atoms with Gasteiger partial charge < -0.3 is 10.0 Å². The van der Waals surface area contributed by atoms with Crippen molar-refractivity contribution in [2.75, 3.05) is 26.9 Å². The van der Waals surface area contributed by atoms with Crippen LogP contribution < -0.4 is 0 Å². The van der Waals surface area contributed by atoms with Crippen LogP contribution in [0.3, 0.4) is 0 Å². The number of fused-ring (bicyclic) bond motifs is 1. The highest BCUT2D eigenvalue weighted by Gasteiger charge is 2.40. The molecule has 0 bridgehead atoms. The summed E-state index contributed by atoms with van der Waals surface area (Å²) in [6.45, 7) is 0.774. The number of aryl methyl sites for hydroxylation is 1. The fourth-order valence-corrected chi connectivity index (χ4v) is 5.89. The van der Waals surface area contributed by atoms with Gasteiger partial charge in [-0.25, -0.2) is 4.98 Å². The van der Waals surface area contributed by atoms with Gasteiger partial charge in [0.1, 0.15) is 5.03 Å². The number of halogens is 2. The maximum Gasteiger partial charge on any atom is 0.100 e. The standard InChI is InChI=1S/C30H32BrClN2OS/c1-34(2)18-17-30(35,16-15-21-7-5-4-6-8-21)28(22-9-12-25(32)13-10-22)26-20-23-19-24(31)11-14-27(23)33-29(26)36-3/h4-14,19-20,28,35H,15-18H2,1-3H3. The molecule has 0 saturated carbocycles. The van der Waals surface area contributed by atoms with Gasteiger partial charge in [-0.3, -0.25) is 0 Å². The minimum absolute atomic E-state index is 0.267. The van der Waals surface area contributed by atoms with Gasteiger partial charge in [0.15, 0.2) is 0 Å². The van der Waals surface area contributed by atoms with Crippen molar-refractivity contribution < 1.29 is 5.11 Å². The molecule has 4 rings (SSSR count). The van der Waals surface area contributed by atoms with Crippen LogP contribution in [0.4, 0.5) is 0 Å². The minimum Gasteiger partial charge on any atom is -0.389 e. The van der Waals surface area contributed by atoms with Gasteiger partial charge in [-0.1, -0.05) is 70.0 Å². The van der Waals surface area contributed by atoms with Gasteiger partial charge in [0.05, 0.1) is 11.1 Å². The topological polar surface area (TPSA) is 36.4 Å². The van der Waals surface area contributed by atoms with Crippen molar-refractivity contribution in [2.24, 2.45) is 0 Å². The second-order valence-electron chi connectivity index (χ2n) is 9.55. The van der Waals surface area contributed by atoms with E-state index >= 15 is 0 Å². The van der Waals surface area contributed by atoms with Crippen LogP contribution in [0.5, 0.6) is 0 Å². The Kier molecular flexibility index (Phi) is 9.13. The van der Waals surface area contributed by atoms with Crippen LogP contribution in [-0.4, -0.2) is 47.5 Å². The minimum atomic E-state index is -1.00. The number of thioether (sulfide) groups is 1. The molecule has 6 heteroatoms. The summed E-state index contributed by atoms with van der Waals surface area (Å²) >= 11 is 11.5. The summed E-state index contributed by atoms with van der Waals surface area (Å²) in [7, 11) is 4.11. The first-order valence-electron chi connectivity index (χ1n) is 12.1. The molecule has 1 aromatic heterocycles. The average molecular weight is 584 g/mol. The van der Waals surface area contributed by atoms with E-state index in [0.717, 1.165) is 44.5 Å². The van der Waals surface area contributed by atoms with Gasteiger partial charge in [-0.2, -0.15) is 0 Å². The molecular formula is C30H32BrClN2OS. The van der Waals surface area contributed by atoms with Gasteiger partial charge in [-0.15, -0.1) is 11.8 Å². The largest absolute Gasteiger partial charge is 0.389 e. The summed E-state index contributed by atoms with van der Waals surface area (Å²) < 4.78 is 1.01. The molecule has 36 heavy (non-hydrogen) atoms. The normalized spacial score (nSPS) is 14.2. The molecule has 0 aliphatic rings. The zero-order valence-electron chi connectivity index (χ0n) is 20.9. The summed E-state index contributed by atoms with van der Waals surface area (Å²) in [5, 5.41) is 15.3. The van der Waals surface area contributed by atoms with Crippen LogP contribution in [-0.2, 0) is 6.42 Å². The molecule has 2 unspecified atom stereocenters. The van der Waals surface area contributed by atoms with E-state index in [2.05, 4.69) is 77.6 Å². The molecule has 0 aliphatic heterocycles. The molecule has 0 radical (unpaired) electrons. The molecule has 0 amide bonds. The first kappa shape index (κ1) is 27.2. The van der Waals surface area contributed by atoms with Crippen molar-refractivity contribution in [3.63, 3.8) is 0 Å². The molecule has 188 valence electrons. The average Bonchev–Trinajstić information content (AvgIpc) is 2.88. The zero-order chi connectivity index (χ0) is 25.7. The predicted molar refractivity (Wildman–Crippen MR) is 157 cm³/mol. The molecule has 1 N–H and O–H groups in total. The summed E-state index contributed by atoms with van der Waals surface area (Å²) in [5.74, 6) is -0.267. The number of nitrogens with zero attached hydrogens (tertiary/aromatic N) is 2. The van der Waals surface area contributed by atoms with Crippen LogP contribution in [0, 0.1) is 0 Å². The van der Waals surface area contributed by atoms with Crippen LogP contribution in [0.15, 0.2) is 88.4 Å². The first-order chi connectivity index (χ1) is 17.3. The second-order valence-corrected chi connectivity index (χ2v) is 11.7. The molecule has 1 heterocycles. The lowest BCUT2D eigenvalue weighted by atomic mass is 9.73.